The molecule has 0 radical (unpaired) electrons. The fraction of sp³-hybridized carbons (Fsp3) is 0.300. The lowest BCUT2D eigenvalue weighted by molar-refractivity contribution is 0.264. The van der Waals surface area contributed by atoms with Gasteiger partial charge in [0.1, 0.15) is 11.5 Å². The van der Waals surface area contributed by atoms with Gasteiger partial charge in [-0.15, -0.1) is 10.2 Å². The SMILES string of the molecule is COc1cccc(-c2nnc(COc3ccc4c(c3)CCCC4)o2)c1. The summed E-state index contributed by atoms with van der Waals surface area (Å²) in [6.07, 6.45) is 4.84. The minimum absolute atomic E-state index is 0.260. The van der Waals surface area contributed by atoms with Crippen LogP contribution in [-0.2, 0) is 19.4 Å². The standard InChI is InChI=1S/C20H20N2O3/c1-23-17-8-4-7-16(12-17)20-22-21-19(25-20)13-24-18-10-9-14-5-2-3-6-15(14)11-18/h4,7-12H,2-3,5-6,13H2,1H3. The summed E-state index contributed by atoms with van der Waals surface area (Å²) < 4.78 is 16.8. The van der Waals surface area contributed by atoms with Gasteiger partial charge in [-0.3, -0.25) is 0 Å². The molecule has 1 heterocycles. The Morgan fingerprint density at radius 3 is 2.72 bits per heavy atom. The number of aryl methyl sites for hydroxylation is 2. The van der Waals surface area contributed by atoms with Crippen LogP contribution in [0.4, 0.5) is 0 Å². The fourth-order valence-electron chi connectivity index (χ4n) is 3.13. The Morgan fingerprint density at radius 2 is 1.84 bits per heavy atom. The van der Waals surface area contributed by atoms with Crippen LogP contribution in [0.3, 0.4) is 0 Å². The van der Waals surface area contributed by atoms with E-state index in [1.165, 1.54) is 30.4 Å². The Hall–Kier alpha value is -2.82. The Morgan fingerprint density at radius 1 is 0.960 bits per heavy atom. The van der Waals surface area contributed by atoms with Crippen LogP contribution in [0.1, 0.15) is 29.9 Å². The molecule has 1 aliphatic carbocycles. The summed E-state index contributed by atoms with van der Waals surface area (Å²) in [7, 11) is 1.63. The molecular weight excluding hydrogens is 316 g/mol. The summed E-state index contributed by atoms with van der Waals surface area (Å²) in [6, 6.07) is 13.9. The number of aromatic nitrogens is 2. The van der Waals surface area contributed by atoms with Crippen molar-refractivity contribution in [3.63, 3.8) is 0 Å². The zero-order chi connectivity index (χ0) is 17.1. The van der Waals surface area contributed by atoms with Crippen LogP contribution in [0.15, 0.2) is 46.9 Å². The largest absolute Gasteiger partial charge is 0.497 e. The van der Waals surface area contributed by atoms with E-state index in [1.54, 1.807) is 7.11 Å². The zero-order valence-corrected chi connectivity index (χ0v) is 14.2. The molecule has 1 aromatic heterocycles. The summed E-state index contributed by atoms with van der Waals surface area (Å²) in [6.45, 7) is 0.260. The van der Waals surface area contributed by atoms with Crippen molar-refractivity contribution in [1.29, 1.82) is 0 Å². The first-order valence-electron chi connectivity index (χ1n) is 8.53. The monoisotopic (exact) mass is 336 g/mol. The molecule has 0 amide bonds. The van der Waals surface area contributed by atoms with E-state index in [0.717, 1.165) is 23.5 Å². The quantitative estimate of drug-likeness (QED) is 0.699. The summed E-state index contributed by atoms with van der Waals surface area (Å²) >= 11 is 0. The average Bonchev–Trinajstić information content (AvgIpc) is 3.15. The van der Waals surface area contributed by atoms with Gasteiger partial charge in [0.25, 0.3) is 5.89 Å². The van der Waals surface area contributed by atoms with Crippen LogP contribution in [-0.4, -0.2) is 17.3 Å². The van der Waals surface area contributed by atoms with E-state index in [-0.39, 0.29) is 6.61 Å². The first-order valence-corrected chi connectivity index (χ1v) is 8.53. The summed E-state index contributed by atoms with van der Waals surface area (Å²) in [4.78, 5) is 0. The van der Waals surface area contributed by atoms with Crippen molar-refractivity contribution in [3.05, 3.63) is 59.5 Å². The van der Waals surface area contributed by atoms with Crippen molar-refractivity contribution < 1.29 is 13.9 Å². The second-order valence-corrected chi connectivity index (χ2v) is 6.16. The molecule has 5 nitrogen and oxygen atoms in total. The van der Waals surface area contributed by atoms with Crippen molar-refractivity contribution in [2.24, 2.45) is 0 Å². The van der Waals surface area contributed by atoms with Crippen molar-refractivity contribution >= 4 is 0 Å². The predicted molar refractivity (Wildman–Crippen MR) is 93.7 cm³/mol. The van der Waals surface area contributed by atoms with E-state index < -0.39 is 0 Å². The van der Waals surface area contributed by atoms with Crippen LogP contribution in [0.5, 0.6) is 11.5 Å². The molecule has 0 aliphatic heterocycles. The highest BCUT2D eigenvalue weighted by molar-refractivity contribution is 5.55. The summed E-state index contributed by atoms with van der Waals surface area (Å²) in [5.41, 5.74) is 3.66. The van der Waals surface area contributed by atoms with Crippen LogP contribution < -0.4 is 9.47 Å². The molecule has 5 heteroatoms. The number of fused-ring (bicyclic) bond motifs is 1. The highest BCUT2D eigenvalue weighted by atomic mass is 16.5. The third kappa shape index (κ3) is 3.50. The molecule has 0 saturated carbocycles. The van der Waals surface area contributed by atoms with E-state index >= 15 is 0 Å². The van der Waals surface area contributed by atoms with Gasteiger partial charge in [0, 0.05) is 5.56 Å². The van der Waals surface area contributed by atoms with Crippen molar-refractivity contribution in [3.8, 4) is 23.0 Å². The third-order valence-electron chi connectivity index (χ3n) is 4.47. The molecule has 0 atom stereocenters. The number of hydrogen-bond donors (Lipinski definition) is 0. The number of rotatable bonds is 5. The van der Waals surface area contributed by atoms with Crippen molar-refractivity contribution in [2.45, 2.75) is 32.3 Å². The van der Waals surface area contributed by atoms with Crippen LogP contribution in [0, 0.1) is 0 Å². The number of benzene rings is 2. The van der Waals surface area contributed by atoms with E-state index in [1.807, 2.05) is 30.3 Å². The summed E-state index contributed by atoms with van der Waals surface area (Å²) in [5, 5.41) is 8.16. The molecule has 0 N–H and O–H groups in total. The number of ether oxygens (including phenoxy) is 2. The Labute approximate surface area is 146 Å². The van der Waals surface area contributed by atoms with Gasteiger partial charge in [-0.1, -0.05) is 12.1 Å². The second-order valence-electron chi connectivity index (χ2n) is 6.16. The number of hydrogen-bond acceptors (Lipinski definition) is 5. The molecule has 3 aromatic rings. The second kappa shape index (κ2) is 6.97. The lowest BCUT2D eigenvalue weighted by atomic mass is 9.92. The minimum atomic E-state index is 0.260. The normalized spacial score (nSPS) is 13.3. The number of methoxy groups -OCH3 is 1. The molecule has 4 rings (SSSR count). The maximum atomic E-state index is 5.83. The van der Waals surface area contributed by atoms with Gasteiger partial charge in [0.15, 0.2) is 6.61 Å². The molecule has 2 aromatic carbocycles. The molecule has 0 bridgehead atoms. The van der Waals surface area contributed by atoms with Gasteiger partial charge in [-0.05, 0) is 67.1 Å². The van der Waals surface area contributed by atoms with Gasteiger partial charge < -0.3 is 13.9 Å². The minimum Gasteiger partial charge on any atom is -0.497 e. The molecule has 128 valence electrons. The maximum absolute atomic E-state index is 5.83. The zero-order valence-electron chi connectivity index (χ0n) is 14.2. The molecule has 0 unspecified atom stereocenters. The Bertz CT molecular complexity index is 873. The molecule has 0 fully saturated rings. The van der Waals surface area contributed by atoms with Crippen LogP contribution in [0.25, 0.3) is 11.5 Å². The van der Waals surface area contributed by atoms with Gasteiger partial charge >= 0.3 is 0 Å². The Balaban J connectivity index is 1.44. The lowest BCUT2D eigenvalue weighted by Crippen LogP contribution is -2.03. The smallest absolute Gasteiger partial charge is 0.254 e. The predicted octanol–water partition coefficient (Wildman–Crippen LogP) is 4.20. The fourth-order valence-corrected chi connectivity index (χ4v) is 3.13. The van der Waals surface area contributed by atoms with Gasteiger partial charge in [0.05, 0.1) is 7.11 Å². The first kappa shape index (κ1) is 15.7. The molecule has 1 aliphatic rings. The summed E-state index contributed by atoms with van der Waals surface area (Å²) in [5.74, 6) is 2.52. The highest BCUT2D eigenvalue weighted by Crippen LogP contribution is 2.26. The van der Waals surface area contributed by atoms with E-state index in [4.69, 9.17) is 13.9 Å². The van der Waals surface area contributed by atoms with E-state index in [2.05, 4.69) is 22.3 Å². The van der Waals surface area contributed by atoms with Gasteiger partial charge in [-0.2, -0.15) is 0 Å². The van der Waals surface area contributed by atoms with E-state index in [0.29, 0.717) is 11.8 Å². The van der Waals surface area contributed by atoms with E-state index in [9.17, 15) is 0 Å². The highest BCUT2D eigenvalue weighted by Gasteiger charge is 2.12. The molecule has 25 heavy (non-hydrogen) atoms. The lowest BCUT2D eigenvalue weighted by Gasteiger charge is -2.16. The van der Waals surface area contributed by atoms with Gasteiger partial charge in [-0.25, -0.2) is 0 Å². The van der Waals surface area contributed by atoms with Crippen LogP contribution >= 0.6 is 0 Å². The average molecular weight is 336 g/mol. The molecule has 0 saturated heterocycles. The van der Waals surface area contributed by atoms with Crippen molar-refractivity contribution in [1.82, 2.24) is 10.2 Å². The Kier molecular flexibility index (Phi) is 4.37. The topological polar surface area (TPSA) is 57.4 Å². The van der Waals surface area contributed by atoms with Crippen molar-refractivity contribution in [2.75, 3.05) is 7.11 Å². The maximum Gasteiger partial charge on any atom is 0.254 e. The third-order valence-corrected chi connectivity index (χ3v) is 4.47. The number of nitrogens with zero attached hydrogens (tertiary/aromatic N) is 2. The van der Waals surface area contributed by atoms with Gasteiger partial charge in [0.2, 0.25) is 5.89 Å². The first-order chi connectivity index (χ1) is 12.3. The molecule has 0 spiro atoms. The van der Waals surface area contributed by atoms with Crippen LogP contribution in [0.2, 0.25) is 0 Å². The molecular formula is C20H20N2O3.